The van der Waals surface area contributed by atoms with Crippen LogP contribution in [0.15, 0.2) is 61.2 Å². The Balaban J connectivity index is 1.77. The highest BCUT2D eigenvalue weighted by molar-refractivity contribution is 6.03. The van der Waals surface area contributed by atoms with Gasteiger partial charge in [0.15, 0.2) is 0 Å². The lowest BCUT2D eigenvalue weighted by atomic mass is 9.96. The van der Waals surface area contributed by atoms with Crippen LogP contribution < -0.4 is 4.90 Å². The van der Waals surface area contributed by atoms with Crippen molar-refractivity contribution in [3.8, 4) is 0 Å². The number of fused-ring (bicyclic) bond motifs is 2. The van der Waals surface area contributed by atoms with E-state index in [4.69, 9.17) is 0 Å². The second-order valence-corrected chi connectivity index (χ2v) is 7.90. The molecule has 1 heteroatoms. The molecular formula is C27H35N. The average molecular weight is 374 g/mol. The van der Waals surface area contributed by atoms with E-state index in [0.29, 0.717) is 0 Å². The van der Waals surface area contributed by atoms with Crippen molar-refractivity contribution in [1.82, 2.24) is 0 Å². The third-order valence-electron chi connectivity index (χ3n) is 5.93. The van der Waals surface area contributed by atoms with E-state index >= 15 is 0 Å². The van der Waals surface area contributed by atoms with Crippen molar-refractivity contribution in [3.05, 3.63) is 72.3 Å². The number of hydrogen-bond acceptors (Lipinski definition) is 1. The molecule has 3 rings (SSSR count). The summed E-state index contributed by atoms with van der Waals surface area (Å²) < 4.78 is 0. The first-order valence-corrected chi connectivity index (χ1v) is 11.1. The minimum absolute atomic E-state index is 1.07. The van der Waals surface area contributed by atoms with Crippen LogP contribution in [0.4, 0.5) is 11.4 Å². The van der Waals surface area contributed by atoms with Crippen LogP contribution >= 0.6 is 0 Å². The lowest BCUT2D eigenvalue weighted by Crippen LogP contribution is -2.19. The lowest BCUT2D eigenvalue weighted by molar-refractivity contribution is 0.577. The molecule has 0 saturated heterocycles. The molecule has 1 nitrogen and oxygen atoms in total. The second-order valence-electron chi connectivity index (χ2n) is 7.90. The van der Waals surface area contributed by atoms with Crippen LogP contribution in [-0.2, 0) is 0 Å². The molecular weight excluding hydrogens is 338 g/mol. The normalized spacial score (nSPS) is 13.1. The van der Waals surface area contributed by atoms with Crippen molar-refractivity contribution in [1.29, 1.82) is 0 Å². The summed E-state index contributed by atoms with van der Waals surface area (Å²) in [6, 6.07) is 17.6. The van der Waals surface area contributed by atoms with E-state index in [2.05, 4.69) is 73.9 Å². The van der Waals surface area contributed by atoms with Crippen molar-refractivity contribution in [2.24, 2.45) is 0 Å². The van der Waals surface area contributed by atoms with Crippen LogP contribution in [0, 0.1) is 0 Å². The van der Waals surface area contributed by atoms with Gasteiger partial charge in [0.25, 0.3) is 0 Å². The summed E-state index contributed by atoms with van der Waals surface area (Å²) >= 11 is 0. The van der Waals surface area contributed by atoms with Gasteiger partial charge in [-0.25, -0.2) is 0 Å². The van der Waals surface area contributed by atoms with Crippen LogP contribution in [-0.4, -0.2) is 6.54 Å². The molecule has 148 valence electrons. The Hall–Kier alpha value is -2.28. The van der Waals surface area contributed by atoms with Gasteiger partial charge >= 0.3 is 0 Å². The number of para-hydroxylation sites is 2. The fraction of sp³-hybridized carbons (Fsp3) is 0.407. The zero-order valence-electron chi connectivity index (χ0n) is 17.7. The highest BCUT2D eigenvalue weighted by Gasteiger charge is 2.22. The fourth-order valence-corrected chi connectivity index (χ4v) is 4.35. The molecule has 0 radical (unpaired) electrons. The Morgan fingerprint density at radius 1 is 0.750 bits per heavy atom. The molecule has 1 heterocycles. The Morgan fingerprint density at radius 3 is 1.93 bits per heavy atom. The molecule has 0 spiro atoms. The largest absolute Gasteiger partial charge is 0.340 e. The number of nitrogens with zero attached hydrogens (tertiary/aromatic N) is 1. The van der Waals surface area contributed by atoms with Crippen LogP contribution in [0.3, 0.4) is 0 Å². The maximum absolute atomic E-state index is 4.11. The molecule has 0 amide bonds. The van der Waals surface area contributed by atoms with Crippen molar-refractivity contribution >= 4 is 22.5 Å². The number of unbranched alkanes of at least 4 members (excludes halogenated alkanes) is 7. The second kappa shape index (κ2) is 10.3. The maximum Gasteiger partial charge on any atom is 0.0490 e. The summed E-state index contributed by atoms with van der Waals surface area (Å²) in [6.07, 6.45) is 12.8. The van der Waals surface area contributed by atoms with E-state index < -0.39 is 0 Å². The van der Waals surface area contributed by atoms with Crippen LogP contribution in [0.25, 0.3) is 11.1 Å². The Labute approximate surface area is 171 Å². The highest BCUT2D eigenvalue weighted by Crippen LogP contribution is 2.43. The van der Waals surface area contributed by atoms with Gasteiger partial charge in [0.1, 0.15) is 0 Å². The van der Waals surface area contributed by atoms with E-state index in [1.807, 2.05) is 6.08 Å². The average Bonchev–Trinajstić information content (AvgIpc) is 2.83. The van der Waals surface area contributed by atoms with Crippen LogP contribution in [0.2, 0.25) is 0 Å². The molecule has 0 bridgehead atoms. The summed E-state index contributed by atoms with van der Waals surface area (Å²) in [5.41, 5.74) is 7.83. The predicted molar refractivity (Wildman–Crippen MR) is 125 cm³/mol. The third kappa shape index (κ3) is 4.58. The molecule has 0 atom stereocenters. The van der Waals surface area contributed by atoms with Gasteiger partial charge < -0.3 is 4.90 Å². The first kappa shape index (κ1) is 20.5. The number of rotatable bonds is 10. The minimum Gasteiger partial charge on any atom is -0.340 e. The molecule has 2 aromatic carbocycles. The van der Waals surface area contributed by atoms with Gasteiger partial charge in [-0.15, -0.1) is 0 Å². The monoisotopic (exact) mass is 373 g/mol. The van der Waals surface area contributed by atoms with Gasteiger partial charge in [-0.3, -0.25) is 0 Å². The van der Waals surface area contributed by atoms with Gasteiger partial charge in [-0.05, 0) is 36.6 Å². The van der Waals surface area contributed by atoms with Crippen molar-refractivity contribution in [2.45, 2.75) is 65.2 Å². The number of hydrogen-bond donors (Lipinski definition) is 0. The molecule has 0 aromatic heterocycles. The SMILES string of the molecule is C=CC1=C(C)c2ccccc2N(CCCCCCCCCC)c2ccccc21. The smallest absolute Gasteiger partial charge is 0.0490 e. The van der Waals surface area contributed by atoms with Gasteiger partial charge in [0.05, 0.1) is 0 Å². The molecule has 1 aliphatic heterocycles. The van der Waals surface area contributed by atoms with E-state index in [1.165, 1.54) is 85.0 Å². The van der Waals surface area contributed by atoms with Crippen LogP contribution in [0.1, 0.15) is 76.3 Å². The number of anilines is 2. The molecule has 0 fully saturated rings. The Bertz CT molecular complexity index is 815. The van der Waals surface area contributed by atoms with E-state index in [9.17, 15) is 0 Å². The van der Waals surface area contributed by atoms with Gasteiger partial charge in [0, 0.05) is 29.0 Å². The van der Waals surface area contributed by atoms with E-state index in [1.54, 1.807) is 0 Å². The maximum atomic E-state index is 4.11. The lowest BCUT2D eigenvalue weighted by Gasteiger charge is -2.27. The quantitative estimate of drug-likeness (QED) is 0.378. The van der Waals surface area contributed by atoms with Crippen molar-refractivity contribution in [2.75, 3.05) is 11.4 Å². The zero-order chi connectivity index (χ0) is 19.8. The molecule has 28 heavy (non-hydrogen) atoms. The standard InChI is InChI=1S/C27H35N/c1-4-6-7-8-9-10-11-16-21-28-26-19-14-12-17-24(26)22(3)23(5-2)25-18-13-15-20-27(25)28/h5,12-15,17-20H,2,4,6-11,16,21H2,1,3H3. The summed E-state index contributed by atoms with van der Waals surface area (Å²) in [4.78, 5) is 2.53. The van der Waals surface area contributed by atoms with E-state index in [-0.39, 0.29) is 0 Å². The van der Waals surface area contributed by atoms with Crippen LogP contribution in [0.5, 0.6) is 0 Å². The van der Waals surface area contributed by atoms with Crippen molar-refractivity contribution < 1.29 is 0 Å². The number of allylic oxidation sites excluding steroid dienone is 3. The summed E-state index contributed by atoms with van der Waals surface area (Å²) in [7, 11) is 0. The highest BCUT2D eigenvalue weighted by atomic mass is 15.1. The topological polar surface area (TPSA) is 3.24 Å². The first-order valence-electron chi connectivity index (χ1n) is 11.1. The molecule has 0 saturated carbocycles. The summed E-state index contributed by atoms with van der Waals surface area (Å²) in [5, 5.41) is 0. The fourth-order valence-electron chi connectivity index (χ4n) is 4.35. The number of benzene rings is 2. The Kier molecular flexibility index (Phi) is 7.54. The first-order chi connectivity index (χ1) is 13.8. The molecule has 0 N–H and O–H groups in total. The van der Waals surface area contributed by atoms with Gasteiger partial charge in [-0.2, -0.15) is 0 Å². The zero-order valence-corrected chi connectivity index (χ0v) is 17.7. The van der Waals surface area contributed by atoms with Gasteiger partial charge in [-0.1, -0.05) is 101 Å². The molecule has 2 aromatic rings. The summed E-state index contributed by atoms with van der Waals surface area (Å²) in [6.45, 7) is 9.70. The Morgan fingerprint density at radius 2 is 1.29 bits per heavy atom. The van der Waals surface area contributed by atoms with E-state index in [0.717, 1.165) is 6.54 Å². The summed E-state index contributed by atoms with van der Waals surface area (Å²) in [5.74, 6) is 0. The molecule has 0 unspecified atom stereocenters. The predicted octanol–water partition coefficient (Wildman–Crippen LogP) is 8.40. The molecule has 1 aliphatic rings. The third-order valence-corrected chi connectivity index (χ3v) is 5.93. The van der Waals surface area contributed by atoms with Crippen molar-refractivity contribution in [3.63, 3.8) is 0 Å². The minimum atomic E-state index is 1.07. The molecule has 0 aliphatic carbocycles. The van der Waals surface area contributed by atoms with Gasteiger partial charge in [0.2, 0.25) is 0 Å².